The summed E-state index contributed by atoms with van der Waals surface area (Å²) in [6, 6.07) is 0. The summed E-state index contributed by atoms with van der Waals surface area (Å²) in [5, 5.41) is 9.92. The van der Waals surface area contributed by atoms with E-state index in [4.69, 9.17) is 0 Å². The summed E-state index contributed by atoms with van der Waals surface area (Å²) in [4.78, 5) is 0. The van der Waals surface area contributed by atoms with Gasteiger partial charge in [-0.05, 0) is 43.6 Å². The third kappa shape index (κ3) is 4.28. The van der Waals surface area contributed by atoms with Gasteiger partial charge in [0.05, 0.1) is 6.10 Å². The van der Waals surface area contributed by atoms with Gasteiger partial charge in [0, 0.05) is 0 Å². The Morgan fingerprint density at radius 3 is 2.64 bits per heavy atom. The fraction of sp³-hybridized carbons (Fsp3) is 0.846. The van der Waals surface area contributed by atoms with Crippen LogP contribution in [0, 0.1) is 5.92 Å². The van der Waals surface area contributed by atoms with E-state index >= 15 is 0 Å². The molecule has 0 saturated heterocycles. The lowest BCUT2D eigenvalue weighted by atomic mass is 9.92. The van der Waals surface area contributed by atoms with Gasteiger partial charge in [-0.15, -0.1) is 0 Å². The number of rotatable bonds is 5. The van der Waals surface area contributed by atoms with E-state index in [0.717, 1.165) is 25.2 Å². The van der Waals surface area contributed by atoms with Gasteiger partial charge in [0.25, 0.3) is 0 Å². The molecule has 82 valence electrons. The van der Waals surface area contributed by atoms with E-state index in [-0.39, 0.29) is 6.10 Å². The van der Waals surface area contributed by atoms with E-state index in [2.05, 4.69) is 19.9 Å². The highest BCUT2D eigenvalue weighted by molar-refractivity contribution is 5.10. The fourth-order valence-corrected chi connectivity index (χ4v) is 2.07. The van der Waals surface area contributed by atoms with E-state index < -0.39 is 0 Å². The first-order valence-corrected chi connectivity index (χ1v) is 6.07. The van der Waals surface area contributed by atoms with Crippen molar-refractivity contribution in [3.8, 4) is 0 Å². The maximum Gasteiger partial charge on any atom is 0.0750 e. The van der Waals surface area contributed by atoms with Crippen LogP contribution in [0.3, 0.4) is 0 Å². The molecular weight excluding hydrogens is 172 g/mol. The first-order valence-electron chi connectivity index (χ1n) is 6.07. The van der Waals surface area contributed by atoms with Crippen molar-refractivity contribution in [1.29, 1.82) is 0 Å². The standard InChI is InChI=1S/C13H24O/c1-11(2)7-6-10-13(14)12-8-4-3-5-9-12/h8,11,13-14H,3-7,9-10H2,1-2H3/t13-/m0/s1. The smallest absolute Gasteiger partial charge is 0.0750 e. The van der Waals surface area contributed by atoms with Crippen molar-refractivity contribution in [3.05, 3.63) is 11.6 Å². The SMILES string of the molecule is CC(C)CCC[C@H](O)C1=CCCCC1. The van der Waals surface area contributed by atoms with Crippen molar-refractivity contribution < 1.29 is 5.11 Å². The van der Waals surface area contributed by atoms with Gasteiger partial charge in [-0.1, -0.05) is 32.8 Å². The number of aliphatic hydroxyl groups is 1. The summed E-state index contributed by atoms with van der Waals surface area (Å²) in [6.07, 6.45) is 10.4. The summed E-state index contributed by atoms with van der Waals surface area (Å²) in [6.45, 7) is 4.48. The lowest BCUT2D eigenvalue weighted by molar-refractivity contribution is 0.188. The summed E-state index contributed by atoms with van der Waals surface area (Å²) in [5.74, 6) is 0.766. The van der Waals surface area contributed by atoms with Crippen molar-refractivity contribution in [3.63, 3.8) is 0 Å². The minimum absolute atomic E-state index is 0.144. The number of hydrogen-bond donors (Lipinski definition) is 1. The average Bonchev–Trinajstić information content (AvgIpc) is 2.18. The number of allylic oxidation sites excluding steroid dienone is 1. The highest BCUT2D eigenvalue weighted by Gasteiger charge is 2.12. The molecule has 0 aromatic carbocycles. The minimum Gasteiger partial charge on any atom is -0.389 e. The molecule has 0 aromatic rings. The molecule has 0 fully saturated rings. The monoisotopic (exact) mass is 196 g/mol. The second-order valence-corrected chi connectivity index (χ2v) is 4.87. The van der Waals surface area contributed by atoms with Crippen LogP contribution in [0.15, 0.2) is 11.6 Å². The van der Waals surface area contributed by atoms with Crippen molar-refractivity contribution in [1.82, 2.24) is 0 Å². The summed E-state index contributed by atoms with van der Waals surface area (Å²) in [7, 11) is 0. The minimum atomic E-state index is -0.144. The topological polar surface area (TPSA) is 20.2 Å². The van der Waals surface area contributed by atoms with E-state index in [0.29, 0.717) is 0 Å². The third-order valence-corrected chi connectivity index (χ3v) is 3.01. The summed E-state index contributed by atoms with van der Waals surface area (Å²) in [5.41, 5.74) is 1.31. The van der Waals surface area contributed by atoms with Crippen molar-refractivity contribution in [2.75, 3.05) is 0 Å². The fourth-order valence-electron chi connectivity index (χ4n) is 2.07. The van der Waals surface area contributed by atoms with Gasteiger partial charge < -0.3 is 5.11 Å². The molecule has 1 heteroatoms. The molecule has 14 heavy (non-hydrogen) atoms. The van der Waals surface area contributed by atoms with Crippen LogP contribution in [0.4, 0.5) is 0 Å². The highest BCUT2D eigenvalue weighted by Crippen LogP contribution is 2.23. The number of hydrogen-bond acceptors (Lipinski definition) is 1. The van der Waals surface area contributed by atoms with Crippen molar-refractivity contribution in [2.24, 2.45) is 5.92 Å². The van der Waals surface area contributed by atoms with Crippen LogP contribution < -0.4 is 0 Å². The van der Waals surface area contributed by atoms with Crippen LogP contribution in [-0.4, -0.2) is 11.2 Å². The van der Waals surface area contributed by atoms with E-state index in [1.54, 1.807) is 0 Å². The Bertz CT molecular complexity index is 182. The first kappa shape index (κ1) is 11.8. The Hall–Kier alpha value is -0.300. The molecule has 0 amide bonds. The molecule has 0 bridgehead atoms. The van der Waals surface area contributed by atoms with Gasteiger partial charge >= 0.3 is 0 Å². The molecule has 0 heterocycles. The Morgan fingerprint density at radius 1 is 1.29 bits per heavy atom. The molecule has 1 aliphatic rings. The molecule has 0 aromatic heterocycles. The molecule has 1 aliphatic carbocycles. The second kappa shape index (κ2) is 6.23. The molecule has 0 spiro atoms. The predicted octanol–water partition coefficient (Wildman–Crippen LogP) is 3.67. The van der Waals surface area contributed by atoms with Crippen molar-refractivity contribution in [2.45, 2.75) is 64.9 Å². The molecule has 0 unspecified atom stereocenters. The van der Waals surface area contributed by atoms with E-state index in [1.165, 1.54) is 31.3 Å². The zero-order valence-corrected chi connectivity index (χ0v) is 9.63. The zero-order valence-electron chi connectivity index (χ0n) is 9.63. The quantitative estimate of drug-likeness (QED) is 0.665. The Kier molecular flexibility index (Phi) is 5.24. The molecular formula is C13H24O. The molecule has 1 rings (SSSR count). The van der Waals surface area contributed by atoms with Gasteiger partial charge in [-0.25, -0.2) is 0 Å². The van der Waals surface area contributed by atoms with Crippen LogP contribution in [0.2, 0.25) is 0 Å². The Labute approximate surface area is 88.2 Å². The normalized spacial score (nSPS) is 19.6. The van der Waals surface area contributed by atoms with Crippen LogP contribution in [0.25, 0.3) is 0 Å². The van der Waals surface area contributed by atoms with Gasteiger partial charge in [0.2, 0.25) is 0 Å². The predicted molar refractivity (Wildman–Crippen MR) is 61.2 cm³/mol. The molecule has 1 N–H and O–H groups in total. The van der Waals surface area contributed by atoms with Gasteiger partial charge in [0.15, 0.2) is 0 Å². The third-order valence-electron chi connectivity index (χ3n) is 3.01. The lowest BCUT2D eigenvalue weighted by Gasteiger charge is -2.18. The largest absolute Gasteiger partial charge is 0.389 e. The van der Waals surface area contributed by atoms with Gasteiger partial charge in [-0.2, -0.15) is 0 Å². The second-order valence-electron chi connectivity index (χ2n) is 4.87. The zero-order chi connectivity index (χ0) is 10.4. The Morgan fingerprint density at radius 2 is 2.07 bits per heavy atom. The first-order chi connectivity index (χ1) is 6.70. The van der Waals surface area contributed by atoms with Crippen molar-refractivity contribution >= 4 is 0 Å². The summed E-state index contributed by atoms with van der Waals surface area (Å²) < 4.78 is 0. The summed E-state index contributed by atoms with van der Waals surface area (Å²) >= 11 is 0. The molecule has 1 nitrogen and oxygen atoms in total. The van der Waals surface area contributed by atoms with Crippen LogP contribution in [-0.2, 0) is 0 Å². The van der Waals surface area contributed by atoms with Crippen LogP contribution >= 0.6 is 0 Å². The molecule has 0 saturated carbocycles. The highest BCUT2D eigenvalue weighted by atomic mass is 16.3. The van der Waals surface area contributed by atoms with E-state index in [9.17, 15) is 5.11 Å². The maximum atomic E-state index is 9.92. The van der Waals surface area contributed by atoms with Crippen LogP contribution in [0.1, 0.15) is 58.8 Å². The van der Waals surface area contributed by atoms with Gasteiger partial charge in [-0.3, -0.25) is 0 Å². The molecule has 0 radical (unpaired) electrons. The lowest BCUT2D eigenvalue weighted by Crippen LogP contribution is -2.12. The van der Waals surface area contributed by atoms with Crippen LogP contribution in [0.5, 0.6) is 0 Å². The van der Waals surface area contributed by atoms with E-state index in [1.807, 2.05) is 0 Å². The number of aliphatic hydroxyl groups excluding tert-OH is 1. The van der Waals surface area contributed by atoms with Gasteiger partial charge in [0.1, 0.15) is 0 Å². The maximum absolute atomic E-state index is 9.92. The Balaban J connectivity index is 2.20. The molecule has 0 aliphatic heterocycles. The average molecular weight is 196 g/mol. The molecule has 1 atom stereocenters.